The van der Waals surface area contributed by atoms with Gasteiger partial charge in [0.05, 0.1) is 10.6 Å². The van der Waals surface area contributed by atoms with Crippen LogP contribution in [-0.4, -0.2) is 34.5 Å². The van der Waals surface area contributed by atoms with Crippen molar-refractivity contribution in [1.29, 1.82) is 0 Å². The molecule has 7 heteroatoms. The van der Waals surface area contributed by atoms with E-state index in [2.05, 4.69) is 17.4 Å². The first-order valence-corrected chi connectivity index (χ1v) is 10.1. The molecular formula is C21H24ClN3O3. The molecule has 0 radical (unpaired) electrons. The topological polar surface area (TPSA) is 75.4 Å². The summed E-state index contributed by atoms with van der Waals surface area (Å²) < 4.78 is 5.37. The molecule has 1 atom stereocenters. The Balaban J connectivity index is 1.57. The van der Waals surface area contributed by atoms with Crippen molar-refractivity contribution >= 4 is 23.4 Å². The van der Waals surface area contributed by atoms with Crippen LogP contribution in [0.1, 0.15) is 60.0 Å². The molecule has 0 bridgehead atoms. The van der Waals surface area contributed by atoms with Gasteiger partial charge in [0.2, 0.25) is 0 Å². The highest BCUT2D eigenvalue weighted by atomic mass is 35.5. The van der Waals surface area contributed by atoms with Crippen LogP contribution in [0.2, 0.25) is 5.02 Å². The molecule has 6 nitrogen and oxygen atoms in total. The molecular weight excluding hydrogens is 378 g/mol. The van der Waals surface area contributed by atoms with Gasteiger partial charge in [-0.25, -0.2) is 0 Å². The minimum absolute atomic E-state index is 0.00253. The number of rotatable bonds is 6. The average Bonchev–Trinajstić information content (AvgIpc) is 3.28. The molecule has 4 rings (SSSR count). The van der Waals surface area contributed by atoms with Crippen molar-refractivity contribution in [2.75, 3.05) is 6.54 Å². The number of carbonyl (C=O) groups is 2. The Hall–Kier alpha value is -2.34. The number of carbonyl (C=O) groups excluding carboxylic acids is 2. The fourth-order valence-electron chi connectivity index (χ4n) is 3.64. The normalized spacial score (nSPS) is 17.2. The zero-order chi connectivity index (χ0) is 20.0. The summed E-state index contributed by atoms with van der Waals surface area (Å²) in [5.74, 6) is 1.13. The van der Waals surface area contributed by atoms with E-state index >= 15 is 0 Å². The largest absolute Gasteiger partial charge is 0.355 e. The fraction of sp³-hybridized carbons (Fsp3) is 0.476. The molecule has 148 valence electrons. The first-order valence-electron chi connectivity index (χ1n) is 9.73. The standard InChI is InChI=1S/C21H24ClN3O3/c1-11(2)9-23-20(26)17-8-18(28-24-17)14-6-15-10-25(12(3)13-4-5-13)21(27)19(15)16(22)7-14/h6-8,11-13H,4-5,9-10H2,1-3H3,(H,23,26)/t12-/m0/s1. The van der Waals surface area contributed by atoms with Crippen molar-refractivity contribution in [3.8, 4) is 11.3 Å². The summed E-state index contributed by atoms with van der Waals surface area (Å²) in [5, 5.41) is 7.10. The minimum Gasteiger partial charge on any atom is -0.355 e. The highest BCUT2D eigenvalue weighted by molar-refractivity contribution is 6.34. The second-order valence-corrected chi connectivity index (χ2v) is 8.59. The number of hydrogen-bond donors (Lipinski definition) is 1. The SMILES string of the molecule is CC(C)CNC(=O)c1cc(-c2cc(Cl)c3c(c2)CN([C@@H](C)C2CC2)C3=O)on1. The number of fused-ring (bicyclic) bond motifs is 1. The van der Waals surface area contributed by atoms with E-state index in [-0.39, 0.29) is 23.6 Å². The van der Waals surface area contributed by atoms with Crippen molar-refractivity contribution < 1.29 is 14.1 Å². The van der Waals surface area contributed by atoms with Crippen LogP contribution in [0.15, 0.2) is 22.7 Å². The first-order chi connectivity index (χ1) is 13.3. The molecule has 2 amide bonds. The Labute approximate surface area is 169 Å². The zero-order valence-corrected chi connectivity index (χ0v) is 17.0. The molecule has 2 aliphatic rings. The third-order valence-electron chi connectivity index (χ3n) is 5.48. The molecule has 0 saturated heterocycles. The third kappa shape index (κ3) is 3.53. The summed E-state index contributed by atoms with van der Waals surface area (Å²) in [6.45, 7) is 7.28. The van der Waals surface area contributed by atoms with Crippen LogP contribution >= 0.6 is 11.6 Å². The molecule has 2 aromatic rings. The van der Waals surface area contributed by atoms with Gasteiger partial charge in [-0.15, -0.1) is 0 Å². The van der Waals surface area contributed by atoms with Crippen LogP contribution in [0.25, 0.3) is 11.3 Å². The molecule has 1 aromatic heterocycles. The van der Waals surface area contributed by atoms with E-state index in [4.69, 9.17) is 16.1 Å². The molecule has 0 unspecified atom stereocenters. The number of amides is 2. The van der Waals surface area contributed by atoms with Gasteiger partial charge >= 0.3 is 0 Å². The molecule has 0 spiro atoms. The van der Waals surface area contributed by atoms with Gasteiger partial charge in [-0.2, -0.15) is 0 Å². The molecule has 1 aliphatic carbocycles. The number of benzene rings is 1. The predicted octanol–water partition coefficient (Wildman–Crippen LogP) is 4.14. The maximum atomic E-state index is 12.8. The quantitative estimate of drug-likeness (QED) is 0.789. The molecule has 1 saturated carbocycles. The maximum Gasteiger partial charge on any atom is 0.273 e. The van der Waals surface area contributed by atoms with Crippen LogP contribution < -0.4 is 5.32 Å². The second-order valence-electron chi connectivity index (χ2n) is 8.18. The second kappa shape index (κ2) is 7.24. The summed E-state index contributed by atoms with van der Waals surface area (Å²) in [4.78, 5) is 26.9. The van der Waals surface area contributed by atoms with Gasteiger partial charge in [-0.1, -0.05) is 30.6 Å². The zero-order valence-electron chi connectivity index (χ0n) is 16.3. The molecule has 2 heterocycles. The lowest BCUT2D eigenvalue weighted by molar-refractivity contribution is 0.0697. The van der Waals surface area contributed by atoms with E-state index in [1.165, 1.54) is 12.8 Å². The highest BCUT2D eigenvalue weighted by Gasteiger charge is 2.39. The van der Waals surface area contributed by atoms with Crippen LogP contribution in [0.5, 0.6) is 0 Å². The molecule has 1 N–H and O–H groups in total. The van der Waals surface area contributed by atoms with Gasteiger partial charge in [0.15, 0.2) is 11.5 Å². The maximum absolute atomic E-state index is 12.8. The Morgan fingerprint density at radius 1 is 1.32 bits per heavy atom. The molecule has 1 fully saturated rings. The molecule has 1 aliphatic heterocycles. The van der Waals surface area contributed by atoms with Crippen LogP contribution in [-0.2, 0) is 6.54 Å². The van der Waals surface area contributed by atoms with E-state index in [9.17, 15) is 9.59 Å². The van der Waals surface area contributed by atoms with Gasteiger partial charge in [0.25, 0.3) is 11.8 Å². The Kier molecular flexibility index (Phi) is 4.91. The molecule has 28 heavy (non-hydrogen) atoms. The lowest BCUT2D eigenvalue weighted by atomic mass is 10.0. The average molecular weight is 402 g/mol. The van der Waals surface area contributed by atoms with Crippen molar-refractivity contribution in [2.24, 2.45) is 11.8 Å². The van der Waals surface area contributed by atoms with Crippen LogP contribution in [0.3, 0.4) is 0 Å². The smallest absolute Gasteiger partial charge is 0.273 e. The van der Waals surface area contributed by atoms with Crippen molar-refractivity contribution in [3.63, 3.8) is 0 Å². The Morgan fingerprint density at radius 3 is 2.75 bits per heavy atom. The van der Waals surface area contributed by atoms with Gasteiger partial charge in [0.1, 0.15) is 0 Å². The summed E-state index contributed by atoms with van der Waals surface area (Å²) in [6, 6.07) is 5.45. The number of aromatic nitrogens is 1. The van der Waals surface area contributed by atoms with Crippen molar-refractivity contribution in [3.05, 3.63) is 40.0 Å². The third-order valence-corrected chi connectivity index (χ3v) is 5.78. The number of halogens is 1. The van der Waals surface area contributed by atoms with Crippen LogP contribution in [0, 0.1) is 11.8 Å². The lowest BCUT2D eigenvalue weighted by Gasteiger charge is -2.23. The first kappa shape index (κ1) is 19.0. The summed E-state index contributed by atoms with van der Waals surface area (Å²) in [5.41, 5.74) is 2.41. The fourth-order valence-corrected chi connectivity index (χ4v) is 3.96. The number of nitrogens with one attached hydrogen (secondary N) is 1. The number of hydrogen-bond acceptors (Lipinski definition) is 4. The van der Waals surface area contributed by atoms with Gasteiger partial charge < -0.3 is 14.7 Å². The highest BCUT2D eigenvalue weighted by Crippen LogP contribution is 2.40. The van der Waals surface area contributed by atoms with E-state index < -0.39 is 0 Å². The lowest BCUT2D eigenvalue weighted by Crippen LogP contribution is -2.34. The van der Waals surface area contributed by atoms with Crippen molar-refractivity contribution in [1.82, 2.24) is 15.4 Å². The summed E-state index contributed by atoms with van der Waals surface area (Å²) >= 11 is 6.45. The molecule has 1 aromatic carbocycles. The summed E-state index contributed by atoms with van der Waals surface area (Å²) in [7, 11) is 0. The van der Waals surface area contributed by atoms with Gasteiger partial charge in [-0.05, 0) is 49.3 Å². The van der Waals surface area contributed by atoms with Crippen molar-refractivity contribution in [2.45, 2.75) is 46.2 Å². The van der Waals surface area contributed by atoms with Gasteiger partial charge in [0, 0.05) is 30.8 Å². The van der Waals surface area contributed by atoms with E-state index in [1.807, 2.05) is 24.8 Å². The Morgan fingerprint density at radius 2 is 2.07 bits per heavy atom. The van der Waals surface area contributed by atoms with E-state index in [0.29, 0.717) is 46.8 Å². The van der Waals surface area contributed by atoms with E-state index in [0.717, 1.165) is 5.56 Å². The van der Waals surface area contributed by atoms with E-state index in [1.54, 1.807) is 12.1 Å². The number of nitrogens with zero attached hydrogens (tertiary/aromatic N) is 2. The minimum atomic E-state index is -0.268. The monoisotopic (exact) mass is 401 g/mol. The van der Waals surface area contributed by atoms with Crippen LogP contribution in [0.4, 0.5) is 0 Å². The predicted molar refractivity (Wildman–Crippen MR) is 106 cm³/mol. The summed E-state index contributed by atoms with van der Waals surface area (Å²) in [6.07, 6.45) is 2.36. The Bertz CT molecular complexity index is 933. The van der Waals surface area contributed by atoms with Gasteiger partial charge in [-0.3, -0.25) is 9.59 Å².